The number of halogens is 2. The molecule has 3 heterocycles. The summed E-state index contributed by atoms with van der Waals surface area (Å²) in [5.41, 5.74) is 1.21. The van der Waals surface area contributed by atoms with E-state index in [-0.39, 0.29) is 46.3 Å². The second-order valence-electron chi connectivity index (χ2n) is 9.49. The number of carbonyl (C=O) groups is 1. The van der Waals surface area contributed by atoms with Crippen LogP contribution in [0, 0.1) is 23.5 Å². The van der Waals surface area contributed by atoms with Gasteiger partial charge in [-0.25, -0.2) is 23.9 Å². The molecule has 2 aromatic carbocycles. The number of imidazole rings is 1. The van der Waals surface area contributed by atoms with Crippen molar-refractivity contribution in [2.45, 2.75) is 6.04 Å². The van der Waals surface area contributed by atoms with Crippen molar-refractivity contribution in [2.24, 2.45) is 17.0 Å². The number of ether oxygens (including phenoxy) is 1. The molecular formula is C25H23F2N7O4S. The maximum absolute atomic E-state index is 14.9. The highest BCUT2D eigenvalue weighted by Crippen LogP contribution is 2.48. The van der Waals surface area contributed by atoms with Gasteiger partial charge in [-0.1, -0.05) is 6.07 Å². The lowest BCUT2D eigenvalue weighted by molar-refractivity contribution is 0.102. The van der Waals surface area contributed by atoms with Gasteiger partial charge in [-0.2, -0.15) is 13.1 Å². The average molecular weight is 556 g/mol. The number of methoxy groups -OCH3 is 1. The molecule has 1 saturated carbocycles. The van der Waals surface area contributed by atoms with Gasteiger partial charge in [0.05, 0.1) is 24.0 Å². The predicted molar refractivity (Wildman–Crippen MR) is 139 cm³/mol. The zero-order valence-electron chi connectivity index (χ0n) is 20.5. The molecule has 0 bridgehead atoms. The standard InChI is InChI=1S/C25H23F2N7O4S/c1-38-20-4-2-3-16(27)21(20)23-24-29-7-8-33(24)12-18(30-23)25(35)31-17-9-13(26)5-6-19(17)34-10-14-15(11-34)22(14)32-39(28,36)37/h2-9,12,14-15,22,32H,10-11H2,1H3,(H,31,35)(H2,28,36,37). The number of fused-ring (bicyclic) bond motifs is 2. The van der Waals surface area contributed by atoms with Crippen molar-refractivity contribution in [2.75, 3.05) is 30.4 Å². The number of aromatic nitrogens is 3. The molecule has 2 fully saturated rings. The minimum absolute atomic E-state index is 0.0521. The Morgan fingerprint density at radius 2 is 1.95 bits per heavy atom. The third-order valence-electron chi connectivity index (χ3n) is 7.08. The molecular weight excluding hydrogens is 532 g/mol. The summed E-state index contributed by atoms with van der Waals surface area (Å²) < 4.78 is 61.2. The number of rotatable bonds is 7. The SMILES string of the molecule is COc1cccc(F)c1-c1nc(C(=O)Nc2cc(F)ccc2N2CC3C(C2)C3NS(N)(=O)=O)cn2ccnc12. The van der Waals surface area contributed by atoms with E-state index in [1.165, 1.54) is 43.8 Å². The first-order valence-corrected chi connectivity index (χ1v) is 13.5. The number of hydrogen-bond acceptors (Lipinski definition) is 7. The molecule has 2 unspecified atom stereocenters. The maximum Gasteiger partial charge on any atom is 0.275 e. The van der Waals surface area contributed by atoms with Crippen LogP contribution in [0.3, 0.4) is 0 Å². The number of benzene rings is 2. The highest BCUT2D eigenvalue weighted by molar-refractivity contribution is 7.87. The van der Waals surface area contributed by atoms with E-state index in [0.29, 0.717) is 24.4 Å². The number of amides is 1. The van der Waals surface area contributed by atoms with Crippen LogP contribution < -0.4 is 24.8 Å². The molecule has 4 aromatic rings. The molecule has 1 aliphatic carbocycles. The Labute approximate surface area is 221 Å². The first-order valence-electron chi connectivity index (χ1n) is 12.0. The first kappa shape index (κ1) is 25.2. The fourth-order valence-electron chi connectivity index (χ4n) is 5.27. The maximum atomic E-state index is 14.9. The molecule has 14 heteroatoms. The monoisotopic (exact) mass is 555 g/mol. The number of anilines is 2. The lowest BCUT2D eigenvalue weighted by atomic mass is 10.1. The lowest BCUT2D eigenvalue weighted by Crippen LogP contribution is -2.38. The van der Waals surface area contributed by atoms with Crippen LogP contribution in [0.5, 0.6) is 5.75 Å². The summed E-state index contributed by atoms with van der Waals surface area (Å²) in [5.74, 6) is -1.46. The van der Waals surface area contributed by atoms with Crippen LogP contribution in [-0.2, 0) is 10.2 Å². The van der Waals surface area contributed by atoms with Gasteiger partial charge >= 0.3 is 0 Å². The van der Waals surface area contributed by atoms with E-state index in [9.17, 15) is 22.0 Å². The number of carbonyl (C=O) groups excluding carboxylic acids is 1. The van der Waals surface area contributed by atoms with Crippen LogP contribution in [0.15, 0.2) is 55.0 Å². The molecule has 2 aliphatic rings. The Morgan fingerprint density at radius 3 is 2.67 bits per heavy atom. The van der Waals surface area contributed by atoms with Crippen molar-refractivity contribution in [3.8, 4) is 17.0 Å². The Balaban J connectivity index is 1.30. The summed E-state index contributed by atoms with van der Waals surface area (Å²) >= 11 is 0. The zero-order valence-corrected chi connectivity index (χ0v) is 21.3. The summed E-state index contributed by atoms with van der Waals surface area (Å²) in [7, 11) is -2.41. The van der Waals surface area contributed by atoms with Gasteiger partial charge in [0.15, 0.2) is 5.65 Å². The van der Waals surface area contributed by atoms with Crippen LogP contribution in [0.4, 0.5) is 20.2 Å². The van der Waals surface area contributed by atoms with Crippen LogP contribution in [0.2, 0.25) is 0 Å². The molecule has 1 aliphatic heterocycles. The van der Waals surface area contributed by atoms with E-state index < -0.39 is 27.8 Å². The number of nitrogens with zero attached hydrogens (tertiary/aromatic N) is 4. The van der Waals surface area contributed by atoms with Gasteiger partial charge in [-0.05, 0) is 42.2 Å². The minimum atomic E-state index is -3.81. The van der Waals surface area contributed by atoms with Crippen molar-refractivity contribution in [1.29, 1.82) is 0 Å². The van der Waals surface area contributed by atoms with Crippen molar-refractivity contribution < 1.29 is 26.7 Å². The quantitative estimate of drug-likeness (QED) is 0.317. The molecule has 0 spiro atoms. The number of nitrogens with one attached hydrogen (secondary N) is 2. The highest BCUT2D eigenvalue weighted by atomic mass is 32.2. The van der Waals surface area contributed by atoms with E-state index in [0.717, 1.165) is 0 Å². The predicted octanol–water partition coefficient (Wildman–Crippen LogP) is 2.16. The van der Waals surface area contributed by atoms with Crippen LogP contribution in [-0.4, -0.2) is 54.9 Å². The second-order valence-corrected chi connectivity index (χ2v) is 10.8. The van der Waals surface area contributed by atoms with E-state index in [1.807, 2.05) is 4.90 Å². The van der Waals surface area contributed by atoms with Gasteiger partial charge in [-0.15, -0.1) is 0 Å². The van der Waals surface area contributed by atoms with Gasteiger partial charge < -0.3 is 19.4 Å². The van der Waals surface area contributed by atoms with Crippen molar-refractivity contribution in [1.82, 2.24) is 19.1 Å². The summed E-state index contributed by atoms with van der Waals surface area (Å²) in [4.78, 5) is 24.0. The Bertz CT molecular complexity index is 1720. The fourth-order valence-corrected chi connectivity index (χ4v) is 6.00. The molecule has 2 aromatic heterocycles. The molecule has 0 radical (unpaired) electrons. The normalized spacial score (nSPS) is 20.2. The van der Waals surface area contributed by atoms with Crippen LogP contribution >= 0.6 is 0 Å². The Hall–Kier alpha value is -4.14. The Morgan fingerprint density at radius 1 is 1.18 bits per heavy atom. The molecule has 2 atom stereocenters. The van der Waals surface area contributed by atoms with Crippen molar-refractivity contribution >= 4 is 33.1 Å². The largest absolute Gasteiger partial charge is 0.496 e. The molecule has 1 amide bonds. The fraction of sp³-hybridized carbons (Fsp3) is 0.240. The first-order chi connectivity index (χ1) is 18.6. The van der Waals surface area contributed by atoms with E-state index in [4.69, 9.17) is 9.88 Å². The highest BCUT2D eigenvalue weighted by Gasteiger charge is 2.57. The molecule has 4 N–H and O–H groups in total. The smallest absolute Gasteiger partial charge is 0.275 e. The van der Waals surface area contributed by atoms with Gasteiger partial charge in [0.1, 0.15) is 28.8 Å². The van der Waals surface area contributed by atoms with Gasteiger partial charge in [0, 0.05) is 37.7 Å². The number of piperidine rings is 1. The second kappa shape index (κ2) is 9.25. The van der Waals surface area contributed by atoms with Crippen LogP contribution in [0.25, 0.3) is 16.9 Å². The topological polar surface area (TPSA) is 144 Å². The minimum Gasteiger partial charge on any atom is -0.496 e. The average Bonchev–Trinajstić information content (AvgIpc) is 3.24. The third-order valence-corrected chi connectivity index (χ3v) is 7.68. The van der Waals surface area contributed by atoms with Crippen LogP contribution in [0.1, 0.15) is 10.5 Å². The van der Waals surface area contributed by atoms with Gasteiger partial charge in [0.25, 0.3) is 16.1 Å². The van der Waals surface area contributed by atoms with Gasteiger partial charge in [-0.3, -0.25) is 4.79 Å². The zero-order chi connectivity index (χ0) is 27.5. The van der Waals surface area contributed by atoms with Crippen molar-refractivity contribution in [3.05, 3.63) is 72.3 Å². The third kappa shape index (κ3) is 4.66. The lowest BCUT2D eigenvalue weighted by Gasteiger charge is -2.25. The summed E-state index contributed by atoms with van der Waals surface area (Å²) in [6, 6.07) is 8.14. The van der Waals surface area contributed by atoms with Gasteiger partial charge in [0.2, 0.25) is 0 Å². The van der Waals surface area contributed by atoms with E-state index in [2.05, 4.69) is 20.0 Å². The molecule has 202 valence electrons. The van der Waals surface area contributed by atoms with E-state index in [1.54, 1.807) is 22.7 Å². The summed E-state index contributed by atoms with van der Waals surface area (Å²) in [6.45, 7) is 1.01. The number of nitrogens with two attached hydrogens (primary N) is 1. The molecule has 1 saturated heterocycles. The number of hydrogen-bond donors (Lipinski definition) is 3. The van der Waals surface area contributed by atoms with E-state index >= 15 is 0 Å². The Kier molecular flexibility index (Phi) is 5.97. The van der Waals surface area contributed by atoms with Crippen molar-refractivity contribution in [3.63, 3.8) is 0 Å². The molecule has 11 nitrogen and oxygen atoms in total. The molecule has 39 heavy (non-hydrogen) atoms. The molecule has 6 rings (SSSR count). The summed E-state index contributed by atoms with van der Waals surface area (Å²) in [5, 5.41) is 7.82. The summed E-state index contributed by atoms with van der Waals surface area (Å²) in [6.07, 6.45) is 4.54.